The zero-order valence-corrected chi connectivity index (χ0v) is 19.7. The number of likely N-dealkylation sites (N-methyl/N-ethyl adjacent to an activating group) is 1. The topological polar surface area (TPSA) is 141 Å². The van der Waals surface area contributed by atoms with Gasteiger partial charge in [0, 0.05) is 51.6 Å². The number of aldehydes is 1. The second-order valence-electron chi connectivity index (χ2n) is 8.49. The SMILES string of the molecule is CNc1cc(NC(=O)N2CCCc3cc(CN(C)C(=O)C4CCCO4)c(C=O)nc32)ncc1C#N. The van der Waals surface area contributed by atoms with Gasteiger partial charge in [0.2, 0.25) is 0 Å². The predicted octanol–water partition coefficient (Wildman–Crippen LogP) is 2.32. The predicted molar refractivity (Wildman–Crippen MR) is 128 cm³/mol. The van der Waals surface area contributed by atoms with Crippen LogP contribution >= 0.6 is 0 Å². The zero-order chi connectivity index (χ0) is 24.9. The molecule has 0 aromatic carbocycles. The molecule has 2 aliphatic heterocycles. The number of rotatable bonds is 6. The van der Waals surface area contributed by atoms with Gasteiger partial charge in [0.25, 0.3) is 5.91 Å². The van der Waals surface area contributed by atoms with Crippen LogP contribution in [-0.4, -0.2) is 66.4 Å². The van der Waals surface area contributed by atoms with Crippen LogP contribution < -0.4 is 15.5 Å². The molecule has 0 spiro atoms. The fourth-order valence-corrected chi connectivity index (χ4v) is 4.33. The van der Waals surface area contributed by atoms with Crippen LogP contribution in [0.3, 0.4) is 0 Å². The van der Waals surface area contributed by atoms with Crippen molar-refractivity contribution < 1.29 is 19.1 Å². The van der Waals surface area contributed by atoms with E-state index in [1.54, 1.807) is 25.1 Å². The van der Waals surface area contributed by atoms with E-state index in [4.69, 9.17) is 10.00 Å². The van der Waals surface area contributed by atoms with Crippen molar-refractivity contribution in [2.45, 2.75) is 38.3 Å². The van der Waals surface area contributed by atoms with E-state index < -0.39 is 12.1 Å². The largest absolute Gasteiger partial charge is 0.387 e. The number of pyridine rings is 2. The number of aromatic nitrogens is 2. The second-order valence-corrected chi connectivity index (χ2v) is 8.49. The van der Waals surface area contributed by atoms with Crippen molar-refractivity contribution in [3.8, 4) is 6.07 Å². The molecule has 1 saturated heterocycles. The smallest absolute Gasteiger partial charge is 0.328 e. The van der Waals surface area contributed by atoms with Gasteiger partial charge in [0.15, 0.2) is 6.29 Å². The Bertz CT molecular complexity index is 1190. The van der Waals surface area contributed by atoms with Gasteiger partial charge in [-0.05, 0) is 37.3 Å². The summed E-state index contributed by atoms with van der Waals surface area (Å²) in [6, 6.07) is 5.03. The van der Waals surface area contributed by atoms with Crippen molar-refractivity contribution in [3.05, 3.63) is 40.7 Å². The van der Waals surface area contributed by atoms with Gasteiger partial charge in [-0.25, -0.2) is 14.8 Å². The lowest BCUT2D eigenvalue weighted by Crippen LogP contribution is -2.40. The molecule has 1 fully saturated rings. The minimum absolute atomic E-state index is 0.117. The number of carbonyl (C=O) groups is 3. The van der Waals surface area contributed by atoms with Crippen molar-refractivity contribution in [2.75, 3.05) is 42.8 Å². The molecule has 2 aliphatic rings. The third-order valence-corrected chi connectivity index (χ3v) is 6.15. The fourth-order valence-electron chi connectivity index (χ4n) is 4.33. The normalized spacial score (nSPS) is 16.7. The van der Waals surface area contributed by atoms with Gasteiger partial charge in [-0.2, -0.15) is 5.26 Å². The minimum Gasteiger partial charge on any atom is -0.387 e. The maximum absolute atomic E-state index is 13.1. The van der Waals surface area contributed by atoms with Gasteiger partial charge in [-0.15, -0.1) is 0 Å². The molecule has 11 heteroatoms. The van der Waals surface area contributed by atoms with E-state index in [2.05, 4.69) is 20.6 Å². The number of amides is 3. The molecule has 4 rings (SSSR count). The lowest BCUT2D eigenvalue weighted by Gasteiger charge is -2.29. The second kappa shape index (κ2) is 10.5. The third-order valence-electron chi connectivity index (χ3n) is 6.15. The van der Waals surface area contributed by atoms with Crippen LogP contribution in [0.15, 0.2) is 18.3 Å². The number of fused-ring (bicyclic) bond motifs is 1. The highest BCUT2D eigenvalue weighted by atomic mass is 16.5. The standard InChI is InChI=1S/C24H27N7O4/c1-26-18-10-21(27-12-17(18)11-25)29-24(34)31-7-3-5-15-9-16(19(14-32)28-22(15)31)13-30(2)23(33)20-6-4-8-35-20/h9-10,12,14,20H,3-8,13H2,1-2H3,(H2,26,27,29,34). The summed E-state index contributed by atoms with van der Waals surface area (Å²) in [4.78, 5) is 49.3. The van der Waals surface area contributed by atoms with E-state index in [0.29, 0.717) is 54.9 Å². The molecular weight excluding hydrogens is 450 g/mol. The first-order valence-electron chi connectivity index (χ1n) is 11.5. The van der Waals surface area contributed by atoms with E-state index in [0.717, 1.165) is 18.4 Å². The maximum Gasteiger partial charge on any atom is 0.328 e. The van der Waals surface area contributed by atoms with Gasteiger partial charge < -0.3 is 15.0 Å². The number of nitrogens with one attached hydrogen (secondary N) is 2. The molecule has 1 atom stereocenters. The summed E-state index contributed by atoms with van der Waals surface area (Å²) < 4.78 is 5.48. The Hall–Kier alpha value is -4.04. The number of hydrogen-bond acceptors (Lipinski definition) is 8. The zero-order valence-electron chi connectivity index (χ0n) is 19.7. The molecule has 0 radical (unpaired) electrons. The van der Waals surface area contributed by atoms with Crippen LogP contribution in [0.2, 0.25) is 0 Å². The van der Waals surface area contributed by atoms with Gasteiger partial charge in [-0.1, -0.05) is 0 Å². The average Bonchev–Trinajstić information content (AvgIpc) is 3.42. The first-order valence-corrected chi connectivity index (χ1v) is 11.5. The molecule has 4 heterocycles. The van der Waals surface area contributed by atoms with E-state index >= 15 is 0 Å². The van der Waals surface area contributed by atoms with E-state index in [-0.39, 0.29) is 24.0 Å². The monoisotopic (exact) mass is 477 g/mol. The summed E-state index contributed by atoms with van der Waals surface area (Å²) >= 11 is 0. The molecule has 35 heavy (non-hydrogen) atoms. The van der Waals surface area contributed by atoms with Crippen molar-refractivity contribution in [1.29, 1.82) is 5.26 Å². The lowest BCUT2D eigenvalue weighted by atomic mass is 10.0. The summed E-state index contributed by atoms with van der Waals surface area (Å²) in [5.41, 5.74) is 2.55. The molecule has 3 amide bonds. The Morgan fingerprint density at radius 3 is 2.89 bits per heavy atom. The average molecular weight is 478 g/mol. The fraction of sp³-hybridized carbons (Fsp3) is 0.417. The number of nitriles is 1. The maximum atomic E-state index is 13.1. The third kappa shape index (κ3) is 5.07. The van der Waals surface area contributed by atoms with Crippen LogP contribution in [0, 0.1) is 11.3 Å². The summed E-state index contributed by atoms with van der Waals surface area (Å²) in [6.45, 7) is 1.23. The van der Waals surface area contributed by atoms with Crippen molar-refractivity contribution >= 4 is 35.5 Å². The van der Waals surface area contributed by atoms with Gasteiger partial charge >= 0.3 is 6.03 Å². The van der Waals surface area contributed by atoms with Crippen molar-refractivity contribution in [1.82, 2.24) is 14.9 Å². The molecule has 0 aliphatic carbocycles. The molecule has 2 aromatic heterocycles. The van der Waals surface area contributed by atoms with E-state index in [9.17, 15) is 14.4 Å². The molecular formula is C24H27N7O4. The Balaban J connectivity index is 1.54. The molecule has 2 aromatic rings. The summed E-state index contributed by atoms with van der Waals surface area (Å²) in [6.07, 6.45) is 4.55. The van der Waals surface area contributed by atoms with Crippen LogP contribution in [0.5, 0.6) is 0 Å². The molecule has 182 valence electrons. The van der Waals surface area contributed by atoms with Gasteiger partial charge in [-0.3, -0.25) is 19.8 Å². The number of aryl methyl sites for hydroxylation is 1. The minimum atomic E-state index is -0.441. The van der Waals surface area contributed by atoms with Crippen LogP contribution in [0.25, 0.3) is 0 Å². The Morgan fingerprint density at radius 2 is 2.20 bits per heavy atom. The van der Waals surface area contributed by atoms with E-state index in [1.807, 2.05) is 12.1 Å². The quantitative estimate of drug-likeness (QED) is 0.604. The molecule has 0 bridgehead atoms. The first-order chi connectivity index (χ1) is 16.9. The number of anilines is 3. The van der Waals surface area contributed by atoms with Crippen LogP contribution in [-0.2, 0) is 22.5 Å². The van der Waals surface area contributed by atoms with Crippen molar-refractivity contribution in [3.63, 3.8) is 0 Å². The number of nitrogens with zero attached hydrogens (tertiary/aromatic N) is 5. The Morgan fingerprint density at radius 1 is 1.37 bits per heavy atom. The highest BCUT2D eigenvalue weighted by molar-refractivity contribution is 6.01. The van der Waals surface area contributed by atoms with E-state index in [1.165, 1.54) is 11.1 Å². The highest BCUT2D eigenvalue weighted by Crippen LogP contribution is 2.29. The van der Waals surface area contributed by atoms with Crippen LogP contribution in [0.1, 0.15) is 46.4 Å². The number of urea groups is 1. The molecule has 0 saturated carbocycles. The number of hydrogen-bond donors (Lipinski definition) is 2. The lowest BCUT2D eigenvalue weighted by molar-refractivity contribution is -0.140. The van der Waals surface area contributed by atoms with Crippen LogP contribution in [0.4, 0.5) is 22.1 Å². The van der Waals surface area contributed by atoms with Crippen molar-refractivity contribution in [2.24, 2.45) is 0 Å². The molecule has 2 N–H and O–H groups in total. The summed E-state index contributed by atoms with van der Waals surface area (Å²) in [5, 5.41) is 14.8. The summed E-state index contributed by atoms with van der Waals surface area (Å²) in [5.74, 6) is 0.580. The number of ether oxygens (including phenoxy) is 1. The Kier molecular flexibility index (Phi) is 7.22. The summed E-state index contributed by atoms with van der Waals surface area (Å²) in [7, 11) is 3.36. The number of carbonyl (C=O) groups excluding carboxylic acids is 3. The molecule has 11 nitrogen and oxygen atoms in total. The first kappa shape index (κ1) is 24.1. The van der Waals surface area contributed by atoms with Gasteiger partial charge in [0.1, 0.15) is 29.5 Å². The molecule has 1 unspecified atom stereocenters. The van der Waals surface area contributed by atoms with Gasteiger partial charge in [0.05, 0.1) is 11.3 Å². The highest BCUT2D eigenvalue weighted by Gasteiger charge is 2.29. The Labute approximate surface area is 203 Å².